The van der Waals surface area contributed by atoms with E-state index in [0.717, 1.165) is 5.56 Å². The van der Waals surface area contributed by atoms with Gasteiger partial charge in [0.15, 0.2) is 11.0 Å². The quantitative estimate of drug-likeness (QED) is 0.361. The van der Waals surface area contributed by atoms with Crippen LogP contribution in [-0.4, -0.2) is 26.4 Å². The summed E-state index contributed by atoms with van der Waals surface area (Å²) in [5, 5.41) is 13.1. The number of carbonyl (C=O) groups excluding carboxylic acids is 1. The molecule has 0 aliphatic rings. The Hall–Kier alpha value is -1.99. The Labute approximate surface area is 181 Å². The van der Waals surface area contributed by atoms with Gasteiger partial charge in [0.05, 0.1) is 21.5 Å². The fraction of sp³-hybridized carbons (Fsp3) is 0.105. The third-order valence-corrected chi connectivity index (χ3v) is 5.50. The first-order valence-corrected chi connectivity index (χ1v) is 10.3. The maximum Gasteiger partial charge on any atom is 0.234 e. The fourth-order valence-corrected chi connectivity index (χ4v) is 3.88. The third-order valence-electron chi connectivity index (χ3n) is 3.67. The van der Waals surface area contributed by atoms with Crippen LogP contribution in [0.5, 0.6) is 0 Å². The van der Waals surface area contributed by atoms with Crippen molar-refractivity contribution < 1.29 is 4.79 Å². The molecule has 0 radical (unpaired) electrons. The molecule has 0 unspecified atom stereocenters. The number of amides is 1. The molecule has 3 rings (SSSR count). The van der Waals surface area contributed by atoms with E-state index in [-0.39, 0.29) is 11.7 Å². The number of nitrogens with zero attached hydrogens (tertiary/aromatic N) is 3. The normalized spacial score (nSPS) is 10.7. The Morgan fingerprint density at radius 3 is 2.54 bits per heavy atom. The molecule has 9 heteroatoms. The van der Waals surface area contributed by atoms with Crippen LogP contribution in [0.3, 0.4) is 0 Å². The number of rotatable bonds is 7. The largest absolute Gasteiger partial charge is 0.323 e. The third kappa shape index (κ3) is 4.89. The van der Waals surface area contributed by atoms with Crippen molar-refractivity contribution in [3.8, 4) is 11.4 Å². The van der Waals surface area contributed by atoms with Crippen LogP contribution in [0.15, 0.2) is 60.3 Å². The minimum absolute atomic E-state index is 0.117. The van der Waals surface area contributed by atoms with E-state index in [9.17, 15) is 4.79 Å². The average Bonchev–Trinajstić information content (AvgIpc) is 3.06. The number of halogens is 3. The second-order valence-corrected chi connectivity index (χ2v) is 7.84. The maximum absolute atomic E-state index is 12.3. The van der Waals surface area contributed by atoms with E-state index < -0.39 is 0 Å². The van der Waals surface area contributed by atoms with Gasteiger partial charge in [-0.25, -0.2) is 0 Å². The highest BCUT2D eigenvalue weighted by molar-refractivity contribution is 7.99. The summed E-state index contributed by atoms with van der Waals surface area (Å²) in [6, 6.07) is 12.4. The number of hydrogen-bond acceptors (Lipinski definition) is 4. The van der Waals surface area contributed by atoms with Crippen molar-refractivity contribution in [2.45, 2.75) is 11.7 Å². The SMILES string of the molecule is C=CCn1c(SCC(=O)Nc2c(Cl)cccc2Cl)nnc1-c1cccc(Cl)c1. The van der Waals surface area contributed by atoms with Crippen molar-refractivity contribution in [1.29, 1.82) is 0 Å². The zero-order chi connectivity index (χ0) is 20.1. The van der Waals surface area contributed by atoms with E-state index in [0.29, 0.717) is 38.3 Å². The van der Waals surface area contributed by atoms with Crippen LogP contribution in [0.25, 0.3) is 11.4 Å². The number of hydrogen-bond donors (Lipinski definition) is 1. The lowest BCUT2D eigenvalue weighted by Crippen LogP contribution is -2.15. The Kier molecular flexibility index (Phi) is 7.02. The first-order chi connectivity index (χ1) is 13.5. The second kappa shape index (κ2) is 9.47. The van der Waals surface area contributed by atoms with Gasteiger partial charge in [-0.15, -0.1) is 16.8 Å². The molecule has 0 saturated heterocycles. The van der Waals surface area contributed by atoms with Crippen molar-refractivity contribution in [2.75, 3.05) is 11.1 Å². The molecule has 0 fully saturated rings. The highest BCUT2D eigenvalue weighted by Gasteiger charge is 2.16. The van der Waals surface area contributed by atoms with Crippen molar-refractivity contribution in [2.24, 2.45) is 0 Å². The minimum Gasteiger partial charge on any atom is -0.323 e. The zero-order valence-corrected chi connectivity index (χ0v) is 17.6. The Morgan fingerprint density at radius 2 is 1.86 bits per heavy atom. The summed E-state index contributed by atoms with van der Waals surface area (Å²) in [5.41, 5.74) is 1.23. The summed E-state index contributed by atoms with van der Waals surface area (Å²) in [4.78, 5) is 12.3. The van der Waals surface area contributed by atoms with Gasteiger partial charge in [-0.05, 0) is 24.3 Å². The van der Waals surface area contributed by atoms with E-state index in [4.69, 9.17) is 34.8 Å². The van der Waals surface area contributed by atoms with Gasteiger partial charge in [0.1, 0.15) is 0 Å². The predicted molar refractivity (Wildman–Crippen MR) is 116 cm³/mol. The second-order valence-electron chi connectivity index (χ2n) is 5.65. The van der Waals surface area contributed by atoms with E-state index in [1.54, 1.807) is 30.3 Å². The van der Waals surface area contributed by atoms with Crippen LogP contribution in [0, 0.1) is 0 Å². The van der Waals surface area contributed by atoms with Gasteiger partial charge in [-0.2, -0.15) is 0 Å². The molecule has 28 heavy (non-hydrogen) atoms. The minimum atomic E-state index is -0.252. The van der Waals surface area contributed by atoms with Crippen LogP contribution in [-0.2, 0) is 11.3 Å². The molecule has 2 aromatic carbocycles. The number of benzene rings is 2. The van der Waals surface area contributed by atoms with Crippen molar-refractivity contribution in [1.82, 2.24) is 14.8 Å². The summed E-state index contributed by atoms with van der Waals surface area (Å²) >= 11 is 19.5. The van der Waals surface area contributed by atoms with Gasteiger partial charge in [0, 0.05) is 17.1 Å². The molecule has 1 N–H and O–H groups in total. The number of anilines is 1. The highest BCUT2D eigenvalue weighted by atomic mass is 35.5. The highest BCUT2D eigenvalue weighted by Crippen LogP contribution is 2.30. The number of allylic oxidation sites excluding steroid dienone is 1. The number of carbonyl (C=O) groups is 1. The molecule has 0 bridgehead atoms. The van der Waals surface area contributed by atoms with E-state index in [1.165, 1.54) is 11.8 Å². The standard InChI is InChI=1S/C19H15Cl3N4OS/c1-2-9-26-18(12-5-3-6-13(20)10-12)24-25-19(26)28-11-16(27)23-17-14(21)7-4-8-15(17)22/h2-8,10H,1,9,11H2,(H,23,27). The Bertz CT molecular complexity index is 1000. The molecule has 1 aromatic heterocycles. The molecule has 1 amide bonds. The first kappa shape index (κ1) is 20.7. The van der Waals surface area contributed by atoms with Crippen LogP contribution in [0.2, 0.25) is 15.1 Å². The monoisotopic (exact) mass is 452 g/mol. The van der Waals surface area contributed by atoms with Crippen molar-refractivity contribution in [3.63, 3.8) is 0 Å². The molecule has 5 nitrogen and oxygen atoms in total. The summed E-state index contributed by atoms with van der Waals surface area (Å²) in [6.07, 6.45) is 1.74. The predicted octanol–water partition coefficient (Wildman–Crippen LogP) is 5.82. The molecule has 0 atom stereocenters. The molecule has 3 aromatic rings. The smallest absolute Gasteiger partial charge is 0.234 e. The van der Waals surface area contributed by atoms with E-state index in [1.807, 2.05) is 22.8 Å². The molecule has 1 heterocycles. The van der Waals surface area contributed by atoms with Gasteiger partial charge in [0.25, 0.3) is 0 Å². The maximum atomic E-state index is 12.3. The summed E-state index contributed by atoms with van der Waals surface area (Å²) in [5.74, 6) is 0.517. The zero-order valence-electron chi connectivity index (χ0n) is 14.5. The molecular weight excluding hydrogens is 439 g/mol. The van der Waals surface area contributed by atoms with Crippen LogP contribution < -0.4 is 5.32 Å². The summed E-state index contributed by atoms with van der Waals surface area (Å²) < 4.78 is 1.87. The summed E-state index contributed by atoms with van der Waals surface area (Å²) in [6.45, 7) is 4.27. The van der Waals surface area contributed by atoms with Gasteiger partial charge in [0.2, 0.25) is 5.91 Å². The molecule has 0 aliphatic heterocycles. The average molecular weight is 454 g/mol. The van der Waals surface area contributed by atoms with Gasteiger partial charge in [-0.1, -0.05) is 70.8 Å². The molecular formula is C19H15Cl3N4OS. The van der Waals surface area contributed by atoms with Crippen LogP contribution >= 0.6 is 46.6 Å². The Morgan fingerprint density at radius 1 is 1.14 bits per heavy atom. The van der Waals surface area contributed by atoms with Crippen LogP contribution in [0.1, 0.15) is 0 Å². The van der Waals surface area contributed by atoms with E-state index in [2.05, 4.69) is 22.1 Å². The molecule has 0 saturated carbocycles. The van der Waals surface area contributed by atoms with Crippen molar-refractivity contribution >= 4 is 58.2 Å². The van der Waals surface area contributed by atoms with Crippen LogP contribution in [0.4, 0.5) is 5.69 Å². The summed E-state index contributed by atoms with van der Waals surface area (Å²) in [7, 11) is 0. The lowest BCUT2D eigenvalue weighted by Gasteiger charge is -2.10. The number of para-hydroxylation sites is 1. The van der Waals surface area contributed by atoms with E-state index >= 15 is 0 Å². The van der Waals surface area contributed by atoms with Gasteiger partial charge in [-0.3, -0.25) is 9.36 Å². The molecule has 0 spiro atoms. The van der Waals surface area contributed by atoms with Gasteiger partial charge < -0.3 is 5.32 Å². The topological polar surface area (TPSA) is 59.8 Å². The molecule has 0 aliphatic carbocycles. The number of aromatic nitrogens is 3. The number of thioether (sulfide) groups is 1. The first-order valence-electron chi connectivity index (χ1n) is 8.16. The molecule has 144 valence electrons. The van der Waals surface area contributed by atoms with Gasteiger partial charge >= 0.3 is 0 Å². The lowest BCUT2D eigenvalue weighted by atomic mass is 10.2. The Balaban J connectivity index is 1.75. The van der Waals surface area contributed by atoms with Crippen molar-refractivity contribution in [3.05, 3.63) is 70.2 Å². The lowest BCUT2D eigenvalue weighted by molar-refractivity contribution is -0.113. The fourth-order valence-electron chi connectivity index (χ4n) is 2.45. The number of nitrogens with one attached hydrogen (secondary N) is 1.